The minimum Gasteiger partial charge on any atom is -0.353 e. The lowest BCUT2D eigenvalue weighted by molar-refractivity contribution is 0.550. The Morgan fingerprint density at radius 2 is 1.90 bits per heavy atom. The van der Waals surface area contributed by atoms with Gasteiger partial charge in [0.15, 0.2) is 0 Å². The molecule has 1 N–H and O–H groups in total. The molecule has 1 aromatic heterocycles. The van der Waals surface area contributed by atoms with Crippen LogP contribution in [-0.4, -0.2) is 24.1 Å². The average Bonchev–Trinajstić information content (AvgIpc) is 3.21. The molecule has 1 aliphatic carbocycles. The van der Waals surface area contributed by atoms with E-state index in [1.165, 1.54) is 18.4 Å². The van der Waals surface area contributed by atoms with Crippen molar-refractivity contribution in [2.24, 2.45) is 11.8 Å². The summed E-state index contributed by atoms with van der Waals surface area (Å²) in [4.78, 5) is 7.37. The van der Waals surface area contributed by atoms with Crippen LogP contribution in [0.4, 0.5) is 5.82 Å². The van der Waals surface area contributed by atoms with E-state index < -0.39 is 0 Å². The number of nitrogens with one attached hydrogen (secondary N) is 1. The van der Waals surface area contributed by atoms with Crippen molar-refractivity contribution in [2.45, 2.75) is 60.0 Å². The van der Waals surface area contributed by atoms with Gasteiger partial charge < -0.3 is 10.2 Å². The standard InChI is InChI=1S/C18H31N3/c1-13(2)10-19-11-16-6-9-18(20-15(16)5)21(12-14(3)4)17-7-8-17/h6,9,13-14,17,19H,7-8,10-12H2,1-5H3. The number of hydrogen-bond donors (Lipinski definition) is 1. The molecule has 1 fully saturated rings. The van der Waals surface area contributed by atoms with E-state index in [4.69, 9.17) is 4.98 Å². The molecule has 0 aliphatic heterocycles. The summed E-state index contributed by atoms with van der Waals surface area (Å²) >= 11 is 0. The van der Waals surface area contributed by atoms with E-state index in [1.54, 1.807) is 0 Å². The molecule has 1 aliphatic rings. The molecule has 21 heavy (non-hydrogen) atoms. The molecule has 118 valence electrons. The van der Waals surface area contributed by atoms with Gasteiger partial charge in [-0.25, -0.2) is 4.98 Å². The topological polar surface area (TPSA) is 28.2 Å². The highest BCUT2D eigenvalue weighted by Gasteiger charge is 2.30. The van der Waals surface area contributed by atoms with Gasteiger partial charge in [0.25, 0.3) is 0 Å². The molecule has 0 atom stereocenters. The smallest absolute Gasteiger partial charge is 0.129 e. The quantitative estimate of drug-likeness (QED) is 0.790. The molecule has 2 rings (SSSR count). The van der Waals surface area contributed by atoms with E-state index in [9.17, 15) is 0 Å². The van der Waals surface area contributed by atoms with Gasteiger partial charge in [-0.2, -0.15) is 0 Å². The van der Waals surface area contributed by atoms with Crippen molar-refractivity contribution >= 4 is 5.82 Å². The van der Waals surface area contributed by atoms with Gasteiger partial charge in [0, 0.05) is 24.8 Å². The van der Waals surface area contributed by atoms with E-state index in [0.717, 1.165) is 37.2 Å². The monoisotopic (exact) mass is 289 g/mol. The van der Waals surface area contributed by atoms with E-state index in [1.807, 2.05) is 0 Å². The molecule has 0 unspecified atom stereocenters. The van der Waals surface area contributed by atoms with E-state index >= 15 is 0 Å². The third-order valence-electron chi connectivity index (χ3n) is 3.89. The van der Waals surface area contributed by atoms with Crippen molar-refractivity contribution in [3.05, 3.63) is 23.4 Å². The van der Waals surface area contributed by atoms with Gasteiger partial charge in [0.2, 0.25) is 0 Å². The maximum Gasteiger partial charge on any atom is 0.129 e. The predicted octanol–water partition coefficient (Wildman–Crippen LogP) is 3.76. The molecule has 0 saturated heterocycles. The molecule has 3 nitrogen and oxygen atoms in total. The summed E-state index contributed by atoms with van der Waals surface area (Å²) in [5.41, 5.74) is 2.48. The first-order chi connectivity index (χ1) is 9.97. The minimum absolute atomic E-state index is 0.681. The second-order valence-electron chi connectivity index (χ2n) is 7.22. The molecule has 0 amide bonds. The summed E-state index contributed by atoms with van der Waals surface area (Å²) in [6.45, 7) is 14.3. The van der Waals surface area contributed by atoms with Crippen LogP contribution in [0.25, 0.3) is 0 Å². The van der Waals surface area contributed by atoms with Crippen molar-refractivity contribution in [1.82, 2.24) is 10.3 Å². The van der Waals surface area contributed by atoms with Crippen LogP contribution in [0.5, 0.6) is 0 Å². The Labute approximate surface area is 130 Å². The Hall–Kier alpha value is -1.09. The fourth-order valence-corrected chi connectivity index (χ4v) is 2.63. The Morgan fingerprint density at radius 1 is 1.19 bits per heavy atom. The molecule has 0 aromatic carbocycles. The second-order valence-corrected chi connectivity index (χ2v) is 7.22. The first kappa shape index (κ1) is 16.3. The second kappa shape index (κ2) is 7.26. The van der Waals surface area contributed by atoms with Crippen LogP contribution in [0.1, 0.15) is 51.8 Å². The third-order valence-corrected chi connectivity index (χ3v) is 3.89. The summed E-state index contributed by atoms with van der Waals surface area (Å²) in [5, 5.41) is 3.50. The van der Waals surface area contributed by atoms with Gasteiger partial charge in [-0.05, 0) is 49.8 Å². The molecular weight excluding hydrogens is 258 g/mol. The first-order valence-corrected chi connectivity index (χ1v) is 8.41. The fourth-order valence-electron chi connectivity index (χ4n) is 2.63. The van der Waals surface area contributed by atoms with Crippen molar-refractivity contribution in [3.8, 4) is 0 Å². The van der Waals surface area contributed by atoms with Crippen LogP contribution in [0.3, 0.4) is 0 Å². The molecule has 1 heterocycles. The van der Waals surface area contributed by atoms with Crippen LogP contribution in [0.2, 0.25) is 0 Å². The van der Waals surface area contributed by atoms with Gasteiger partial charge in [0.1, 0.15) is 5.82 Å². The summed E-state index contributed by atoms with van der Waals surface area (Å²) in [6.07, 6.45) is 2.65. The van der Waals surface area contributed by atoms with E-state index in [2.05, 4.69) is 57.0 Å². The van der Waals surface area contributed by atoms with Crippen molar-refractivity contribution < 1.29 is 0 Å². The highest BCUT2D eigenvalue weighted by Crippen LogP contribution is 2.31. The summed E-state index contributed by atoms with van der Waals surface area (Å²) in [6, 6.07) is 5.19. The highest BCUT2D eigenvalue weighted by molar-refractivity contribution is 5.44. The van der Waals surface area contributed by atoms with Gasteiger partial charge in [-0.1, -0.05) is 33.8 Å². The third kappa shape index (κ3) is 4.99. The van der Waals surface area contributed by atoms with E-state index in [0.29, 0.717) is 11.8 Å². The van der Waals surface area contributed by atoms with Gasteiger partial charge in [-0.3, -0.25) is 0 Å². The van der Waals surface area contributed by atoms with Crippen molar-refractivity contribution in [1.29, 1.82) is 0 Å². The molecule has 1 aromatic rings. The Kier molecular flexibility index (Phi) is 5.63. The van der Waals surface area contributed by atoms with Crippen LogP contribution in [0, 0.1) is 18.8 Å². The summed E-state index contributed by atoms with van der Waals surface area (Å²) in [7, 11) is 0. The lowest BCUT2D eigenvalue weighted by Crippen LogP contribution is -2.31. The molecule has 0 bridgehead atoms. The van der Waals surface area contributed by atoms with Crippen LogP contribution in [-0.2, 0) is 6.54 Å². The van der Waals surface area contributed by atoms with Crippen LogP contribution in [0.15, 0.2) is 12.1 Å². The fraction of sp³-hybridized carbons (Fsp3) is 0.722. The minimum atomic E-state index is 0.681. The number of nitrogens with zero attached hydrogens (tertiary/aromatic N) is 2. The Morgan fingerprint density at radius 3 is 2.43 bits per heavy atom. The lowest BCUT2D eigenvalue weighted by atomic mass is 10.1. The number of aromatic nitrogens is 1. The predicted molar refractivity (Wildman–Crippen MR) is 90.7 cm³/mol. The van der Waals surface area contributed by atoms with Crippen LogP contribution >= 0.6 is 0 Å². The maximum atomic E-state index is 4.87. The summed E-state index contributed by atoms with van der Waals surface area (Å²) < 4.78 is 0. The number of pyridine rings is 1. The largest absolute Gasteiger partial charge is 0.353 e. The average molecular weight is 289 g/mol. The van der Waals surface area contributed by atoms with Crippen LogP contribution < -0.4 is 10.2 Å². The normalized spacial score (nSPS) is 15.0. The van der Waals surface area contributed by atoms with Gasteiger partial charge >= 0.3 is 0 Å². The number of aryl methyl sites for hydroxylation is 1. The highest BCUT2D eigenvalue weighted by atomic mass is 15.2. The zero-order valence-corrected chi connectivity index (χ0v) is 14.3. The van der Waals surface area contributed by atoms with Gasteiger partial charge in [-0.15, -0.1) is 0 Å². The Bertz CT molecular complexity index is 450. The van der Waals surface area contributed by atoms with Crippen molar-refractivity contribution in [2.75, 3.05) is 18.0 Å². The first-order valence-electron chi connectivity index (χ1n) is 8.41. The molecule has 1 saturated carbocycles. The number of anilines is 1. The zero-order chi connectivity index (χ0) is 15.4. The number of rotatable bonds is 8. The molecule has 0 radical (unpaired) electrons. The summed E-state index contributed by atoms with van der Waals surface area (Å²) in [5.74, 6) is 2.53. The zero-order valence-electron chi connectivity index (χ0n) is 14.3. The van der Waals surface area contributed by atoms with E-state index in [-0.39, 0.29) is 0 Å². The SMILES string of the molecule is Cc1nc(N(CC(C)C)C2CC2)ccc1CNCC(C)C. The van der Waals surface area contributed by atoms with Gasteiger partial charge in [0.05, 0.1) is 0 Å². The molecular formula is C18H31N3. The Balaban J connectivity index is 2.02. The lowest BCUT2D eigenvalue weighted by Gasteiger charge is -2.26. The van der Waals surface area contributed by atoms with Crippen molar-refractivity contribution in [3.63, 3.8) is 0 Å². The number of hydrogen-bond acceptors (Lipinski definition) is 3. The molecule has 0 spiro atoms. The maximum absolute atomic E-state index is 4.87. The molecule has 3 heteroatoms.